The molecule has 1 aliphatic rings. The largest absolute Gasteiger partial charge is 0.484 e. The van der Waals surface area contributed by atoms with Crippen molar-refractivity contribution in [2.24, 2.45) is 0 Å². The Morgan fingerprint density at radius 2 is 1.97 bits per heavy atom. The molecule has 1 fully saturated rings. The van der Waals surface area contributed by atoms with Crippen LogP contribution in [0.3, 0.4) is 0 Å². The number of ether oxygens (including phenoxy) is 2. The van der Waals surface area contributed by atoms with Crippen molar-refractivity contribution in [3.63, 3.8) is 0 Å². The molecule has 0 bridgehead atoms. The molecule has 2 N–H and O–H groups in total. The zero-order valence-electron chi connectivity index (χ0n) is 19.6. The van der Waals surface area contributed by atoms with Gasteiger partial charge in [-0.2, -0.15) is 0 Å². The number of pyridine rings is 2. The Morgan fingerprint density at radius 3 is 2.66 bits per heavy atom. The lowest BCUT2D eigenvalue weighted by Gasteiger charge is -2.29. The lowest BCUT2D eigenvalue weighted by molar-refractivity contribution is -0.0798. The van der Waals surface area contributed by atoms with Crippen molar-refractivity contribution in [3.8, 4) is 5.75 Å². The van der Waals surface area contributed by atoms with E-state index in [0.717, 1.165) is 22.2 Å². The number of nitrogen functional groups attached to an aromatic ring is 1. The van der Waals surface area contributed by atoms with Crippen LogP contribution in [0.25, 0.3) is 10.9 Å². The fourth-order valence-corrected chi connectivity index (χ4v) is 3.87. The second-order valence-corrected chi connectivity index (χ2v) is 8.58. The molecule has 0 spiro atoms. The summed E-state index contributed by atoms with van der Waals surface area (Å²) in [6.45, 7) is 5.27. The molecular formula is C26H26N6O3. The van der Waals surface area contributed by atoms with Crippen LogP contribution in [-0.2, 0) is 11.3 Å². The molecule has 5 rings (SSSR count). The van der Waals surface area contributed by atoms with Gasteiger partial charge >= 0.3 is 0 Å². The maximum Gasteiger partial charge on any atom is 0.254 e. The molecule has 1 aliphatic heterocycles. The van der Waals surface area contributed by atoms with E-state index in [1.54, 1.807) is 35.6 Å². The molecule has 0 unspecified atom stereocenters. The third-order valence-electron chi connectivity index (χ3n) is 6.02. The Hall–Kier alpha value is -4.11. The number of fused-ring (bicyclic) bond motifs is 1. The van der Waals surface area contributed by atoms with Crippen molar-refractivity contribution in [1.82, 2.24) is 24.8 Å². The van der Waals surface area contributed by atoms with Crippen molar-refractivity contribution in [3.05, 3.63) is 83.7 Å². The first kappa shape index (κ1) is 22.7. The number of hydrogen-bond acceptors (Lipinski definition) is 8. The number of amides is 1. The number of benzene rings is 1. The standard InChI is InChI=1S/C26H26N6O3/c1-16-10-19-11-18(4-7-23(19)31-24(16)27)26(33)32(17(2)25-28-8-3-9-29-25)13-20-5-6-21(12-30-20)35-22-14-34-15-22/h3-12,17,22H,13-15H2,1-2H3,(H2,27,31)/t17-/m1/s1. The Balaban J connectivity index is 1.44. The first-order valence-electron chi connectivity index (χ1n) is 11.4. The first-order chi connectivity index (χ1) is 17.0. The summed E-state index contributed by atoms with van der Waals surface area (Å²) in [6, 6.07) is 12.5. The maximum atomic E-state index is 13.8. The van der Waals surface area contributed by atoms with Gasteiger partial charge < -0.3 is 20.1 Å². The molecular weight excluding hydrogens is 444 g/mol. The van der Waals surface area contributed by atoms with Crippen LogP contribution in [0, 0.1) is 6.92 Å². The van der Waals surface area contributed by atoms with Crippen molar-refractivity contribution in [2.45, 2.75) is 32.5 Å². The predicted molar refractivity (Wildman–Crippen MR) is 131 cm³/mol. The second kappa shape index (κ2) is 9.63. The van der Waals surface area contributed by atoms with E-state index < -0.39 is 0 Å². The van der Waals surface area contributed by atoms with E-state index in [0.29, 0.717) is 36.2 Å². The lowest BCUT2D eigenvalue weighted by atomic mass is 10.1. The summed E-state index contributed by atoms with van der Waals surface area (Å²) in [5.41, 5.74) is 8.82. The number of anilines is 1. The molecule has 178 valence electrons. The smallest absolute Gasteiger partial charge is 0.254 e. The summed E-state index contributed by atoms with van der Waals surface area (Å²) < 4.78 is 10.9. The molecule has 0 radical (unpaired) electrons. The molecule has 4 aromatic rings. The zero-order valence-corrected chi connectivity index (χ0v) is 19.6. The van der Waals surface area contributed by atoms with E-state index in [1.807, 2.05) is 44.2 Å². The van der Waals surface area contributed by atoms with Gasteiger partial charge in [-0.3, -0.25) is 9.78 Å². The predicted octanol–water partition coefficient (Wildman–Crippen LogP) is 3.49. The van der Waals surface area contributed by atoms with Gasteiger partial charge in [0, 0.05) is 23.3 Å². The normalized spacial score (nSPS) is 14.3. The average Bonchev–Trinajstić information content (AvgIpc) is 2.86. The molecule has 4 heterocycles. The minimum Gasteiger partial charge on any atom is -0.484 e. The minimum atomic E-state index is -0.379. The van der Waals surface area contributed by atoms with E-state index >= 15 is 0 Å². The third-order valence-corrected chi connectivity index (χ3v) is 6.02. The van der Waals surface area contributed by atoms with Crippen LogP contribution in [0.5, 0.6) is 5.75 Å². The van der Waals surface area contributed by atoms with Gasteiger partial charge in [-0.25, -0.2) is 15.0 Å². The Labute approximate surface area is 203 Å². The number of nitrogens with zero attached hydrogens (tertiary/aromatic N) is 5. The van der Waals surface area contributed by atoms with E-state index in [4.69, 9.17) is 15.2 Å². The summed E-state index contributed by atoms with van der Waals surface area (Å²) in [5.74, 6) is 1.55. The van der Waals surface area contributed by atoms with Crippen LogP contribution >= 0.6 is 0 Å². The van der Waals surface area contributed by atoms with Crippen molar-refractivity contribution in [1.29, 1.82) is 0 Å². The highest BCUT2D eigenvalue weighted by Gasteiger charge is 2.26. The van der Waals surface area contributed by atoms with Gasteiger partial charge in [0.25, 0.3) is 5.91 Å². The second-order valence-electron chi connectivity index (χ2n) is 8.58. The highest BCUT2D eigenvalue weighted by Crippen LogP contribution is 2.25. The summed E-state index contributed by atoms with van der Waals surface area (Å²) in [7, 11) is 0. The van der Waals surface area contributed by atoms with Crippen LogP contribution in [0.1, 0.15) is 40.4 Å². The first-order valence-corrected chi connectivity index (χ1v) is 11.4. The number of carbonyl (C=O) groups excluding carboxylic acids is 1. The average molecular weight is 471 g/mol. The summed E-state index contributed by atoms with van der Waals surface area (Å²) in [5, 5.41) is 0.853. The fraction of sp³-hybridized carbons (Fsp3) is 0.269. The van der Waals surface area contributed by atoms with Crippen molar-refractivity contribution >= 4 is 22.6 Å². The molecule has 0 saturated carbocycles. The van der Waals surface area contributed by atoms with Crippen LogP contribution in [0.4, 0.5) is 5.82 Å². The van der Waals surface area contributed by atoms with Crippen LogP contribution in [0.15, 0.2) is 61.1 Å². The molecule has 9 nitrogen and oxygen atoms in total. The number of aromatic nitrogens is 4. The quantitative estimate of drug-likeness (QED) is 0.436. The SMILES string of the molecule is Cc1cc2cc(C(=O)N(Cc3ccc(OC4COC4)cn3)[C@H](C)c3ncccn3)ccc2nc1N. The maximum absolute atomic E-state index is 13.8. The zero-order chi connectivity index (χ0) is 24.4. The van der Waals surface area contributed by atoms with Gasteiger partial charge in [0.15, 0.2) is 0 Å². The van der Waals surface area contributed by atoms with E-state index in [9.17, 15) is 4.79 Å². The van der Waals surface area contributed by atoms with Gasteiger partial charge in [0.2, 0.25) is 0 Å². The summed E-state index contributed by atoms with van der Waals surface area (Å²) in [4.78, 5) is 33.2. The molecule has 1 saturated heterocycles. The Bertz CT molecular complexity index is 1340. The van der Waals surface area contributed by atoms with E-state index in [-0.39, 0.29) is 24.6 Å². The molecule has 3 aromatic heterocycles. The Kier molecular flexibility index (Phi) is 6.24. The van der Waals surface area contributed by atoms with Gasteiger partial charge in [-0.1, -0.05) is 0 Å². The van der Waals surface area contributed by atoms with Gasteiger partial charge in [-0.05, 0) is 61.9 Å². The highest BCUT2D eigenvalue weighted by molar-refractivity contribution is 5.98. The van der Waals surface area contributed by atoms with Crippen LogP contribution in [0.2, 0.25) is 0 Å². The number of carbonyl (C=O) groups is 1. The van der Waals surface area contributed by atoms with Crippen LogP contribution in [-0.4, -0.2) is 50.1 Å². The van der Waals surface area contributed by atoms with Gasteiger partial charge in [-0.15, -0.1) is 0 Å². The molecule has 1 amide bonds. The van der Waals surface area contributed by atoms with E-state index in [1.165, 1.54) is 0 Å². The monoisotopic (exact) mass is 470 g/mol. The molecule has 0 aliphatic carbocycles. The van der Waals surface area contributed by atoms with Crippen molar-refractivity contribution < 1.29 is 14.3 Å². The number of rotatable bonds is 7. The fourth-order valence-electron chi connectivity index (χ4n) is 3.87. The van der Waals surface area contributed by atoms with Gasteiger partial charge in [0.05, 0.1) is 43.2 Å². The molecule has 9 heteroatoms. The van der Waals surface area contributed by atoms with Gasteiger partial charge in [0.1, 0.15) is 23.5 Å². The van der Waals surface area contributed by atoms with Crippen LogP contribution < -0.4 is 10.5 Å². The molecule has 1 aromatic carbocycles. The third kappa shape index (κ3) is 4.90. The number of nitrogens with two attached hydrogens (primary N) is 1. The number of aryl methyl sites for hydroxylation is 1. The van der Waals surface area contributed by atoms with E-state index in [2.05, 4.69) is 19.9 Å². The molecule has 35 heavy (non-hydrogen) atoms. The minimum absolute atomic E-state index is 0.0670. The van der Waals surface area contributed by atoms with Crippen molar-refractivity contribution in [2.75, 3.05) is 18.9 Å². The lowest BCUT2D eigenvalue weighted by Crippen LogP contribution is -2.38. The Morgan fingerprint density at radius 1 is 1.17 bits per heavy atom. The summed E-state index contributed by atoms with van der Waals surface area (Å²) >= 11 is 0. The highest BCUT2D eigenvalue weighted by atomic mass is 16.6. The molecule has 1 atom stereocenters. The summed E-state index contributed by atoms with van der Waals surface area (Å²) in [6.07, 6.45) is 5.09. The topological polar surface area (TPSA) is 116 Å². The number of hydrogen-bond donors (Lipinski definition) is 1.